The van der Waals surface area contributed by atoms with Crippen LogP contribution in [0.1, 0.15) is 32.6 Å². The quantitative estimate of drug-likeness (QED) is 0.808. The first-order valence-corrected chi connectivity index (χ1v) is 8.48. The number of carbonyl (C=O) groups excluding carboxylic acids is 3. The number of halogens is 2. The number of amides is 2. The number of anilines is 1. The van der Waals surface area contributed by atoms with E-state index in [9.17, 15) is 18.8 Å². The predicted molar refractivity (Wildman–Crippen MR) is 90.6 cm³/mol. The van der Waals surface area contributed by atoms with Crippen LogP contribution in [0, 0.1) is 5.82 Å². The molecule has 1 saturated heterocycles. The summed E-state index contributed by atoms with van der Waals surface area (Å²) in [7, 11) is 0. The Morgan fingerprint density at radius 2 is 2.12 bits per heavy atom. The SMILES string of the molecule is C[C@@H](OC(=O)CN1CCCCCC1=O)C(=O)Nc1ccc(F)cc1Cl. The molecule has 1 aromatic rings. The number of hydrogen-bond donors (Lipinski definition) is 1. The summed E-state index contributed by atoms with van der Waals surface area (Å²) in [5.74, 6) is -1.85. The average molecular weight is 371 g/mol. The maximum absolute atomic E-state index is 13.0. The van der Waals surface area contributed by atoms with E-state index in [1.807, 2.05) is 0 Å². The molecular weight excluding hydrogens is 351 g/mol. The van der Waals surface area contributed by atoms with Crippen molar-refractivity contribution in [3.8, 4) is 0 Å². The van der Waals surface area contributed by atoms with Gasteiger partial charge in [0.05, 0.1) is 10.7 Å². The minimum Gasteiger partial charge on any atom is -0.451 e. The highest BCUT2D eigenvalue weighted by Gasteiger charge is 2.23. The van der Waals surface area contributed by atoms with Crippen LogP contribution in [-0.2, 0) is 19.1 Å². The molecule has 25 heavy (non-hydrogen) atoms. The normalized spacial score (nSPS) is 16.1. The number of esters is 1. The zero-order chi connectivity index (χ0) is 18.4. The Morgan fingerprint density at radius 1 is 1.36 bits per heavy atom. The molecule has 1 N–H and O–H groups in total. The molecule has 0 bridgehead atoms. The summed E-state index contributed by atoms with van der Waals surface area (Å²) in [5.41, 5.74) is 0.221. The van der Waals surface area contributed by atoms with Crippen LogP contribution < -0.4 is 5.32 Å². The molecule has 0 saturated carbocycles. The standard InChI is InChI=1S/C17H20ClFN2O4/c1-11(17(24)20-14-7-6-12(19)9-13(14)18)25-16(23)10-21-8-4-2-3-5-15(21)22/h6-7,9,11H,2-5,8,10H2,1H3,(H,20,24)/t11-/m1/s1. The summed E-state index contributed by atoms with van der Waals surface area (Å²) in [6, 6.07) is 3.54. The molecule has 8 heteroatoms. The van der Waals surface area contributed by atoms with Gasteiger partial charge in [-0.25, -0.2) is 4.39 Å². The van der Waals surface area contributed by atoms with Gasteiger partial charge < -0.3 is 15.0 Å². The van der Waals surface area contributed by atoms with Gasteiger partial charge >= 0.3 is 5.97 Å². The zero-order valence-corrected chi connectivity index (χ0v) is 14.6. The van der Waals surface area contributed by atoms with Gasteiger partial charge in [-0.2, -0.15) is 0 Å². The summed E-state index contributed by atoms with van der Waals surface area (Å²) >= 11 is 5.84. The van der Waals surface area contributed by atoms with Gasteiger partial charge in [0.25, 0.3) is 5.91 Å². The molecule has 1 heterocycles. The number of nitrogens with zero attached hydrogens (tertiary/aromatic N) is 1. The molecular formula is C17H20ClFN2O4. The van der Waals surface area contributed by atoms with Crippen LogP contribution in [-0.4, -0.2) is 41.9 Å². The maximum atomic E-state index is 13.0. The van der Waals surface area contributed by atoms with E-state index in [1.165, 1.54) is 17.9 Å². The minimum atomic E-state index is -1.07. The summed E-state index contributed by atoms with van der Waals surface area (Å²) < 4.78 is 18.1. The van der Waals surface area contributed by atoms with Gasteiger partial charge in [-0.05, 0) is 38.0 Å². The molecule has 136 valence electrons. The largest absolute Gasteiger partial charge is 0.451 e. The molecule has 2 amide bonds. The number of hydrogen-bond acceptors (Lipinski definition) is 4. The van der Waals surface area contributed by atoms with Crippen LogP contribution in [0.2, 0.25) is 5.02 Å². The Bertz CT molecular complexity index is 668. The second-order valence-electron chi connectivity index (χ2n) is 5.87. The van der Waals surface area contributed by atoms with Crippen LogP contribution in [0.4, 0.5) is 10.1 Å². The molecule has 1 fully saturated rings. The highest BCUT2D eigenvalue weighted by atomic mass is 35.5. The second-order valence-corrected chi connectivity index (χ2v) is 6.28. The Balaban J connectivity index is 1.87. The monoisotopic (exact) mass is 370 g/mol. The molecule has 1 aliphatic heterocycles. The van der Waals surface area contributed by atoms with Crippen LogP contribution >= 0.6 is 11.6 Å². The van der Waals surface area contributed by atoms with Gasteiger partial charge in [0.1, 0.15) is 12.4 Å². The van der Waals surface area contributed by atoms with Crippen molar-refractivity contribution in [2.75, 3.05) is 18.4 Å². The number of benzene rings is 1. The molecule has 0 radical (unpaired) electrons. The van der Waals surface area contributed by atoms with E-state index in [-0.39, 0.29) is 23.2 Å². The summed E-state index contributed by atoms with van der Waals surface area (Å²) in [6.45, 7) is 1.75. The van der Waals surface area contributed by atoms with Crippen LogP contribution in [0.5, 0.6) is 0 Å². The number of likely N-dealkylation sites (tertiary alicyclic amines) is 1. The van der Waals surface area contributed by atoms with Gasteiger partial charge in [0, 0.05) is 13.0 Å². The van der Waals surface area contributed by atoms with Crippen molar-refractivity contribution in [2.45, 2.75) is 38.7 Å². The number of nitrogens with one attached hydrogen (secondary N) is 1. The van der Waals surface area contributed by atoms with Crippen molar-refractivity contribution in [1.29, 1.82) is 0 Å². The molecule has 0 spiro atoms. The molecule has 1 aliphatic rings. The Hall–Kier alpha value is -2.15. The smallest absolute Gasteiger partial charge is 0.326 e. The van der Waals surface area contributed by atoms with E-state index in [2.05, 4.69) is 5.32 Å². The van der Waals surface area contributed by atoms with Crippen molar-refractivity contribution in [3.05, 3.63) is 29.0 Å². The van der Waals surface area contributed by atoms with E-state index in [4.69, 9.17) is 16.3 Å². The first-order valence-electron chi connectivity index (χ1n) is 8.10. The van der Waals surface area contributed by atoms with E-state index >= 15 is 0 Å². The highest BCUT2D eigenvalue weighted by molar-refractivity contribution is 6.33. The molecule has 2 rings (SSSR count). The van der Waals surface area contributed by atoms with E-state index < -0.39 is 23.8 Å². The van der Waals surface area contributed by atoms with Crippen molar-refractivity contribution in [2.24, 2.45) is 0 Å². The van der Waals surface area contributed by atoms with E-state index in [1.54, 1.807) is 0 Å². The number of carbonyl (C=O) groups is 3. The van der Waals surface area contributed by atoms with E-state index in [0.717, 1.165) is 31.4 Å². The fraction of sp³-hybridized carbons (Fsp3) is 0.471. The molecule has 0 unspecified atom stereocenters. The Kier molecular flexibility index (Phi) is 6.75. The van der Waals surface area contributed by atoms with Crippen molar-refractivity contribution < 1.29 is 23.5 Å². The van der Waals surface area contributed by atoms with Gasteiger partial charge in [0.2, 0.25) is 5.91 Å². The molecule has 0 aliphatic carbocycles. The third-order valence-electron chi connectivity index (χ3n) is 3.86. The highest BCUT2D eigenvalue weighted by Crippen LogP contribution is 2.22. The molecule has 6 nitrogen and oxygen atoms in total. The van der Waals surface area contributed by atoms with Gasteiger partial charge in [-0.15, -0.1) is 0 Å². The molecule has 0 aromatic heterocycles. The molecule has 1 aromatic carbocycles. The fourth-order valence-corrected chi connectivity index (χ4v) is 2.69. The van der Waals surface area contributed by atoms with Gasteiger partial charge in [-0.1, -0.05) is 18.0 Å². The van der Waals surface area contributed by atoms with Gasteiger partial charge in [-0.3, -0.25) is 14.4 Å². The van der Waals surface area contributed by atoms with Crippen LogP contribution in [0.3, 0.4) is 0 Å². The Labute approximate surface area is 150 Å². The first kappa shape index (κ1) is 19.2. The Morgan fingerprint density at radius 3 is 2.84 bits per heavy atom. The van der Waals surface area contributed by atoms with Crippen LogP contribution in [0.15, 0.2) is 18.2 Å². The number of rotatable bonds is 5. The lowest BCUT2D eigenvalue weighted by atomic mass is 10.2. The summed E-state index contributed by atoms with van der Waals surface area (Å²) in [4.78, 5) is 37.4. The third kappa shape index (κ3) is 5.70. The lowest BCUT2D eigenvalue weighted by Crippen LogP contribution is -2.38. The van der Waals surface area contributed by atoms with Crippen LogP contribution in [0.25, 0.3) is 0 Å². The maximum Gasteiger partial charge on any atom is 0.326 e. The second kappa shape index (κ2) is 8.80. The summed E-state index contributed by atoms with van der Waals surface area (Å²) in [5, 5.41) is 2.51. The lowest BCUT2D eigenvalue weighted by molar-refractivity contribution is -0.156. The first-order chi connectivity index (χ1) is 11.9. The van der Waals surface area contributed by atoms with Crippen molar-refractivity contribution in [1.82, 2.24) is 4.90 Å². The predicted octanol–water partition coefficient (Wildman–Crippen LogP) is 2.75. The zero-order valence-electron chi connectivity index (χ0n) is 13.9. The van der Waals surface area contributed by atoms with Crippen molar-refractivity contribution >= 4 is 35.1 Å². The fourth-order valence-electron chi connectivity index (χ4n) is 2.47. The topological polar surface area (TPSA) is 75.7 Å². The lowest BCUT2D eigenvalue weighted by Gasteiger charge is -2.21. The van der Waals surface area contributed by atoms with Crippen molar-refractivity contribution in [3.63, 3.8) is 0 Å². The minimum absolute atomic E-state index is 0.0436. The third-order valence-corrected chi connectivity index (χ3v) is 4.17. The van der Waals surface area contributed by atoms with E-state index in [0.29, 0.717) is 13.0 Å². The number of ether oxygens (including phenoxy) is 1. The summed E-state index contributed by atoms with van der Waals surface area (Å²) in [6.07, 6.45) is 1.97. The van der Waals surface area contributed by atoms with Gasteiger partial charge in [0.15, 0.2) is 6.10 Å². The average Bonchev–Trinajstić information content (AvgIpc) is 2.74. The molecule has 1 atom stereocenters.